The highest BCUT2D eigenvalue weighted by atomic mass is 16.5. The fourth-order valence-electron chi connectivity index (χ4n) is 6.27. The number of ether oxygens (including phenoxy) is 2. The van der Waals surface area contributed by atoms with E-state index in [-0.39, 0.29) is 0 Å². The Bertz CT molecular complexity index is 902. The number of benzene rings is 1. The molecule has 4 rings (SSSR count). The first kappa shape index (κ1) is 24.4. The molecule has 1 aliphatic heterocycles. The lowest BCUT2D eigenvalue weighted by Crippen LogP contribution is -2.63. The highest BCUT2D eigenvalue weighted by Crippen LogP contribution is 2.54. The van der Waals surface area contributed by atoms with Crippen LogP contribution in [0.3, 0.4) is 0 Å². The predicted molar refractivity (Wildman–Crippen MR) is 126 cm³/mol. The lowest BCUT2D eigenvalue weighted by Gasteiger charge is -2.51. The SMILES string of the molecule is CCOc1ccc(CC2=C3CCCC3=C(CC)C(C)([C@@H]3O[C@H](CO)[C@@H](O)[C@H](O)[C@H]3O)C2)cc1. The second-order valence-electron chi connectivity index (χ2n) is 9.84. The van der Waals surface area contributed by atoms with Gasteiger partial charge in [0.15, 0.2) is 0 Å². The molecule has 1 heterocycles. The van der Waals surface area contributed by atoms with Crippen molar-refractivity contribution in [2.24, 2.45) is 5.41 Å². The van der Waals surface area contributed by atoms with Gasteiger partial charge in [-0.05, 0) is 74.3 Å². The molecule has 2 aliphatic carbocycles. The average Bonchev–Trinajstić information content (AvgIpc) is 3.29. The van der Waals surface area contributed by atoms with Crippen LogP contribution in [0.1, 0.15) is 58.4 Å². The van der Waals surface area contributed by atoms with Crippen molar-refractivity contribution >= 4 is 0 Å². The summed E-state index contributed by atoms with van der Waals surface area (Å²) in [5.41, 5.74) is 6.13. The third-order valence-corrected chi connectivity index (χ3v) is 7.80. The summed E-state index contributed by atoms with van der Waals surface area (Å²) < 4.78 is 11.7. The molecule has 1 saturated carbocycles. The maximum absolute atomic E-state index is 11.0. The Kier molecular flexibility index (Phi) is 7.32. The number of allylic oxidation sites excluding steroid dienone is 3. The zero-order valence-electron chi connectivity index (χ0n) is 20.0. The first-order valence-corrected chi connectivity index (χ1v) is 12.3. The predicted octanol–water partition coefficient (Wildman–Crippen LogP) is 3.07. The van der Waals surface area contributed by atoms with Crippen LogP contribution < -0.4 is 4.74 Å². The summed E-state index contributed by atoms with van der Waals surface area (Å²) in [4.78, 5) is 0. The van der Waals surface area contributed by atoms with Crippen LogP contribution in [-0.2, 0) is 11.2 Å². The van der Waals surface area contributed by atoms with Gasteiger partial charge in [0, 0.05) is 5.41 Å². The summed E-state index contributed by atoms with van der Waals surface area (Å²) in [6, 6.07) is 8.23. The van der Waals surface area contributed by atoms with E-state index < -0.39 is 42.5 Å². The minimum absolute atomic E-state index is 0.407. The van der Waals surface area contributed by atoms with Crippen LogP contribution in [0, 0.1) is 5.41 Å². The van der Waals surface area contributed by atoms with E-state index in [1.807, 2.05) is 19.1 Å². The molecule has 3 aliphatic rings. The van der Waals surface area contributed by atoms with Gasteiger partial charge >= 0.3 is 0 Å². The van der Waals surface area contributed by atoms with Crippen molar-refractivity contribution in [3.8, 4) is 5.75 Å². The summed E-state index contributed by atoms with van der Waals surface area (Å²) in [5.74, 6) is 0.864. The molecule has 1 saturated heterocycles. The van der Waals surface area contributed by atoms with Crippen LogP contribution in [0.15, 0.2) is 46.6 Å². The Morgan fingerprint density at radius 3 is 2.33 bits per heavy atom. The maximum Gasteiger partial charge on any atom is 0.119 e. The van der Waals surface area contributed by atoms with E-state index in [0.29, 0.717) is 13.0 Å². The number of rotatable bonds is 7. The van der Waals surface area contributed by atoms with Crippen LogP contribution in [0.25, 0.3) is 0 Å². The van der Waals surface area contributed by atoms with Crippen molar-refractivity contribution in [1.82, 2.24) is 0 Å². The van der Waals surface area contributed by atoms with E-state index in [4.69, 9.17) is 9.47 Å². The quantitative estimate of drug-likeness (QED) is 0.501. The van der Waals surface area contributed by atoms with Crippen molar-refractivity contribution in [3.05, 3.63) is 52.1 Å². The molecule has 4 N–H and O–H groups in total. The molecule has 0 bridgehead atoms. The number of aliphatic hydroxyl groups is 4. The van der Waals surface area contributed by atoms with Crippen LogP contribution in [0.5, 0.6) is 5.75 Å². The molecule has 0 radical (unpaired) electrons. The molecular weight excluding hydrogens is 420 g/mol. The highest BCUT2D eigenvalue weighted by Gasteiger charge is 2.53. The Morgan fingerprint density at radius 2 is 1.70 bits per heavy atom. The van der Waals surface area contributed by atoms with Crippen LogP contribution in [0.2, 0.25) is 0 Å². The van der Waals surface area contributed by atoms with Crippen molar-refractivity contribution in [1.29, 1.82) is 0 Å². The molecular formula is C27H38O6. The topological polar surface area (TPSA) is 99.4 Å². The van der Waals surface area contributed by atoms with Crippen LogP contribution in [-0.4, -0.2) is 64.2 Å². The fourth-order valence-corrected chi connectivity index (χ4v) is 6.27. The van der Waals surface area contributed by atoms with E-state index in [1.165, 1.54) is 27.9 Å². The largest absolute Gasteiger partial charge is 0.494 e. The molecule has 0 spiro atoms. The van der Waals surface area contributed by atoms with Gasteiger partial charge < -0.3 is 29.9 Å². The molecule has 1 aromatic carbocycles. The van der Waals surface area contributed by atoms with E-state index in [2.05, 4.69) is 26.0 Å². The van der Waals surface area contributed by atoms with Crippen molar-refractivity contribution in [2.45, 2.75) is 89.8 Å². The molecule has 6 heteroatoms. The fraction of sp³-hybridized carbons (Fsp3) is 0.630. The van der Waals surface area contributed by atoms with Gasteiger partial charge in [0.2, 0.25) is 0 Å². The Hall–Kier alpha value is -1.70. The lowest BCUT2D eigenvalue weighted by molar-refractivity contribution is -0.250. The van der Waals surface area contributed by atoms with Crippen LogP contribution in [0.4, 0.5) is 0 Å². The van der Waals surface area contributed by atoms with Gasteiger partial charge in [-0.1, -0.05) is 37.1 Å². The van der Waals surface area contributed by atoms with Gasteiger partial charge in [-0.25, -0.2) is 0 Å². The summed E-state index contributed by atoms with van der Waals surface area (Å²) in [6.45, 7) is 6.45. The molecule has 2 fully saturated rings. The molecule has 0 aromatic heterocycles. The first-order valence-electron chi connectivity index (χ1n) is 12.3. The van der Waals surface area contributed by atoms with E-state index in [0.717, 1.165) is 37.9 Å². The monoisotopic (exact) mass is 458 g/mol. The van der Waals surface area contributed by atoms with Crippen molar-refractivity contribution in [3.63, 3.8) is 0 Å². The van der Waals surface area contributed by atoms with Gasteiger partial charge in [-0.2, -0.15) is 0 Å². The summed E-state index contributed by atoms with van der Waals surface area (Å²) in [6.07, 6.45) is 0.0201. The first-order chi connectivity index (χ1) is 15.8. The summed E-state index contributed by atoms with van der Waals surface area (Å²) in [7, 11) is 0. The Labute approximate surface area is 196 Å². The minimum Gasteiger partial charge on any atom is -0.494 e. The normalized spacial score (nSPS) is 34.6. The highest BCUT2D eigenvalue weighted by molar-refractivity contribution is 5.50. The van der Waals surface area contributed by atoms with Gasteiger partial charge in [-0.3, -0.25) is 0 Å². The number of hydrogen-bond acceptors (Lipinski definition) is 6. The number of fused-ring (bicyclic) bond motifs is 1. The van der Waals surface area contributed by atoms with E-state index in [1.54, 1.807) is 0 Å². The smallest absolute Gasteiger partial charge is 0.119 e. The zero-order valence-corrected chi connectivity index (χ0v) is 20.0. The molecule has 33 heavy (non-hydrogen) atoms. The second kappa shape index (κ2) is 9.88. The second-order valence-corrected chi connectivity index (χ2v) is 9.84. The molecule has 1 unspecified atom stereocenters. The molecule has 182 valence electrons. The van der Waals surface area contributed by atoms with Gasteiger partial charge in [0.1, 0.15) is 30.2 Å². The standard InChI is InChI=1S/C27H38O6/c1-4-21-20-8-6-7-19(20)17(13-16-9-11-18(12-10-16)32-5-2)14-27(21,3)26-25(31)24(30)23(29)22(15-28)33-26/h9-12,22-26,28-31H,4-8,13-15H2,1-3H3/t22-,23-,24+,25-,26-,27?/m1/s1. The summed E-state index contributed by atoms with van der Waals surface area (Å²) in [5, 5.41) is 41.5. The van der Waals surface area contributed by atoms with Crippen molar-refractivity contribution in [2.75, 3.05) is 13.2 Å². The average molecular weight is 459 g/mol. The van der Waals surface area contributed by atoms with E-state index in [9.17, 15) is 20.4 Å². The third-order valence-electron chi connectivity index (χ3n) is 7.80. The third kappa shape index (κ3) is 4.40. The minimum atomic E-state index is -1.36. The van der Waals surface area contributed by atoms with E-state index >= 15 is 0 Å². The molecule has 1 aromatic rings. The zero-order chi connectivity index (χ0) is 23.8. The Morgan fingerprint density at radius 1 is 1.00 bits per heavy atom. The molecule has 6 atom stereocenters. The van der Waals surface area contributed by atoms with Gasteiger partial charge in [0.25, 0.3) is 0 Å². The lowest BCUT2D eigenvalue weighted by atomic mass is 9.62. The van der Waals surface area contributed by atoms with Gasteiger partial charge in [-0.15, -0.1) is 0 Å². The number of hydrogen-bond donors (Lipinski definition) is 4. The molecule has 0 amide bonds. The number of aliphatic hydroxyl groups excluding tert-OH is 4. The Balaban J connectivity index is 1.69. The summed E-state index contributed by atoms with van der Waals surface area (Å²) >= 11 is 0. The molecule has 6 nitrogen and oxygen atoms in total. The maximum atomic E-state index is 11.0. The van der Waals surface area contributed by atoms with Crippen LogP contribution >= 0.6 is 0 Å². The van der Waals surface area contributed by atoms with Crippen molar-refractivity contribution < 1.29 is 29.9 Å². The van der Waals surface area contributed by atoms with Gasteiger partial charge in [0.05, 0.1) is 19.3 Å².